The molecular formula is C24H22N4O6. The third kappa shape index (κ3) is 4.80. The highest BCUT2D eigenvalue weighted by atomic mass is 16.5. The molecule has 0 radical (unpaired) electrons. The quantitative estimate of drug-likeness (QED) is 0.513. The number of ether oxygens (including phenoxy) is 3. The molecule has 2 aromatic carbocycles. The van der Waals surface area contributed by atoms with Crippen LogP contribution in [0.3, 0.4) is 0 Å². The molecule has 1 aromatic heterocycles. The topological polar surface area (TPSA) is 129 Å². The van der Waals surface area contributed by atoms with Crippen LogP contribution in [0.4, 0.5) is 4.79 Å². The summed E-state index contributed by atoms with van der Waals surface area (Å²) < 4.78 is 15.8. The first-order valence-electron chi connectivity index (χ1n) is 10.5. The monoisotopic (exact) mass is 462 g/mol. The summed E-state index contributed by atoms with van der Waals surface area (Å²) in [7, 11) is 1.54. The van der Waals surface area contributed by atoms with Crippen molar-refractivity contribution in [2.24, 2.45) is 0 Å². The fourth-order valence-corrected chi connectivity index (χ4v) is 3.50. The van der Waals surface area contributed by atoms with E-state index in [4.69, 9.17) is 14.2 Å². The number of fused-ring (bicyclic) bond motifs is 1. The molecule has 1 unspecified atom stereocenters. The van der Waals surface area contributed by atoms with Gasteiger partial charge >= 0.3 is 18.0 Å². The zero-order valence-corrected chi connectivity index (χ0v) is 18.5. The highest BCUT2D eigenvalue weighted by Crippen LogP contribution is 2.29. The van der Waals surface area contributed by atoms with Gasteiger partial charge in [-0.15, -0.1) is 0 Å². The molecule has 0 bridgehead atoms. The summed E-state index contributed by atoms with van der Waals surface area (Å²) in [6.45, 7) is 1.43. The van der Waals surface area contributed by atoms with Crippen molar-refractivity contribution in [3.63, 3.8) is 0 Å². The summed E-state index contributed by atoms with van der Waals surface area (Å²) in [4.78, 5) is 46.3. The fraction of sp³-hybridized carbons (Fsp3) is 0.208. The van der Waals surface area contributed by atoms with E-state index in [1.807, 2.05) is 6.07 Å². The van der Waals surface area contributed by atoms with Crippen molar-refractivity contribution in [2.45, 2.75) is 13.0 Å². The number of urea groups is 1. The molecule has 10 nitrogen and oxygen atoms in total. The van der Waals surface area contributed by atoms with Crippen LogP contribution in [0, 0.1) is 0 Å². The van der Waals surface area contributed by atoms with Crippen LogP contribution in [-0.4, -0.2) is 48.3 Å². The number of rotatable bonds is 7. The number of hydrogen-bond donors (Lipinski definition) is 2. The number of methoxy groups -OCH3 is 1. The van der Waals surface area contributed by atoms with Crippen molar-refractivity contribution in [2.75, 3.05) is 20.3 Å². The van der Waals surface area contributed by atoms with Gasteiger partial charge in [-0.05, 0) is 36.8 Å². The summed E-state index contributed by atoms with van der Waals surface area (Å²) in [5.41, 5.74) is 2.05. The Morgan fingerprint density at radius 3 is 2.44 bits per heavy atom. The van der Waals surface area contributed by atoms with E-state index in [9.17, 15) is 14.4 Å². The van der Waals surface area contributed by atoms with Crippen LogP contribution in [0.25, 0.3) is 11.0 Å². The SMILES string of the molecule is CCOC(=O)C1=C(COC(=O)c2cnc3ccccc3n2)NC(=O)NC1c1ccc(OC)cc1. The number of para-hydroxylation sites is 2. The lowest BCUT2D eigenvalue weighted by molar-refractivity contribution is -0.139. The Kier molecular flexibility index (Phi) is 6.67. The molecule has 0 aliphatic carbocycles. The molecule has 1 aliphatic rings. The van der Waals surface area contributed by atoms with Gasteiger partial charge in [0.15, 0.2) is 5.69 Å². The summed E-state index contributed by atoms with van der Waals surface area (Å²) in [6.07, 6.45) is 1.31. The first-order chi connectivity index (χ1) is 16.5. The van der Waals surface area contributed by atoms with Gasteiger partial charge in [-0.2, -0.15) is 0 Å². The minimum atomic E-state index is -0.812. The number of esters is 2. The third-order valence-corrected chi connectivity index (χ3v) is 5.10. The maximum atomic E-state index is 12.8. The summed E-state index contributed by atoms with van der Waals surface area (Å²) in [5, 5.41) is 5.27. The number of aromatic nitrogens is 2. The normalized spacial score (nSPS) is 15.4. The minimum Gasteiger partial charge on any atom is -0.497 e. The average Bonchev–Trinajstić information content (AvgIpc) is 2.86. The molecule has 1 aliphatic heterocycles. The number of carbonyl (C=O) groups excluding carboxylic acids is 3. The predicted octanol–water partition coefficient (Wildman–Crippen LogP) is 2.67. The Bertz CT molecular complexity index is 1270. The Morgan fingerprint density at radius 2 is 1.74 bits per heavy atom. The van der Waals surface area contributed by atoms with Gasteiger partial charge in [0.2, 0.25) is 0 Å². The van der Waals surface area contributed by atoms with Gasteiger partial charge in [0.25, 0.3) is 0 Å². The molecule has 1 atom stereocenters. The first kappa shape index (κ1) is 22.7. The number of benzene rings is 2. The number of amides is 2. The van der Waals surface area contributed by atoms with E-state index in [1.54, 1.807) is 49.4 Å². The van der Waals surface area contributed by atoms with Gasteiger partial charge in [0, 0.05) is 0 Å². The molecule has 174 valence electrons. The van der Waals surface area contributed by atoms with Crippen molar-refractivity contribution in [3.8, 4) is 5.75 Å². The zero-order valence-electron chi connectivity index (χ0n) is 18.5. The summed E-state index contributed by atoms with van der Waals surface area (Å²) >= 11 is 0. The molecular weight excluding hydrogens is 440 g/mol. The third-order valence-electron chi connectivity index (χ3n) is 5.10. The lowest BCUT2D eigenvalue weighted by Crippen LogP contribution is -2.47. The van der Waals surface area contributed by atoms with Gasteiger partial charge in [-0.1, -0.05) is 24.3 Å². The van der Waals surface area contributed by atoms with E-state index < -0.39 is 24.0 Å². The molecule has 4 rings (SSSR count). The maximum absolute atomic E-state index is 12.8. The molecule has 34 heavy (non-hydrogen) atoms. The van der Waals surface area contributed by atoms with Crippen molar-refractivity contribution in [1.82, 2.24) is 20.6 Å². The van der Waals surface area contributed by atoms with E-state index in [1.165, 1.54) is 13.3 Å². The van der Waals surface area contributed by atoms with Crippen LogP contribution >= 0.6 is 0 Å². The molecule has 0 saturated heterocycles. The predicted molar refractivity (Wildman–Crippen MR) is 121 cm³/mol. The van der Waals surface area contributed by atoms with E-state index in [2.05, 4.69) is 20.6 Å². The Morgan fingerprint density at radius 1 is 1.00 bits per heavy atom. The lowest BCUT2D eigenvalue weighted by Gasteiger charge is -2.29. The van der Waals surface area contributed by atoms with Crippen LogP contribution in [0.1, 0.15) is 29.0 Å². The second kappa shape index (κ2) is 9.99. The number of carbonyl (C=O) groups is 3. The molecule has 2 heterocycles. The van der Waals surface area contributed by atoms with Crippen LogP contribution in [0.15, 0.2) is 66.0 Å². The Balaban J connectivity index is 1.62. The standard InChI is InChI=1S/C24H22N4O6/c1-3-33-23(30)20-19(27-24(31)28-21(20)14-8-10-15(32-2)11-9-14)13-34-22(29)18-12-25-16-6-4-5-7-17(16)26-18/h4-12,21H,3,13H2,1-2H3,(H2,27,28,31). The van der Waals surface area contributed by atoms with Crippen molar-refractivity contribution < 1.29 is 28.6 Å². The molecule has 10 heteroatoms. The molecule has 0 saturated carbocycles. The van der Waals surface area contributed by atoms with Crippen molar-refractivity contribution >= 4 is 29.0 Å². The second-order valence-corrected chi connectivity index (χ2v) is 7.24. The maximum Gasteiger partial charge on any atom is 0.358 e. The summed E-state index contributed by atoms with van der Waals surface area (Å²) in [5.74, 6) is -0.772. The van der Waals surface area contributed by atoms with Crippen LogP contribution in [-0.2, 0) is 14.3 Å². The van der Waals surface area contributed by atoms with Crippen molar-refractivity contribution in [1.29, 1.82) is 0 Å². The van der Waals surface area contributed by atoms with Crippen LogP contribution in [0.5, 0.6) is 5.75 Å². The van der Waals surface area contributed by atoms with Gasteiger partial charge in [0.05, 0.1) is 48.3 Å². The summed E-state index contributed by atoms with van der Waals surface area (Å²) in [6, 6.07) is 12.6. The van der Waals surface area contributed by atoms with Gasteiger partial charge in [-0.25, -0.2) is 19.4 Å². The van der Waals surface area contributed by atoms with E-state index in [0.29, 0.717) is 22.3 Å². The number of nitrogens with one attached hydrogen (secondary N) is 2. The first-order valence-corrected chi connectivity index (χ1v) is 10.5. The average molecular weight is 462 g/mol. The van der Waals surface area contributed by atoms with E-state index in [-0.39, 0.29) is 30.2 Å². The van der Waals surface area contributed by atoms with Crippen LogP contribution < -0.4 is 15.4 Å². The number of hydrogen-bond acceptors (Lipinski definition) is 8. The smallest absolute Gasteiger partial charge is 0.358 e. The number of nitrogens with zero attached hydrogens (tertiary/aromatic N) is 2. The highest BCUT2D eigenvalue weighted by Gasteiger charge is 2.34. The lowest BCUT2D eigenvalue weighted by atomic mass is 9.95. The largest absolute Gasteiger partial charge is 0.497 e. The molecule has 3 aromatic rings. The van der Waals surface area contributed by atoms with E-state index >= 15 is 0 Å². The van der Waals surface area contributed by atoms with Crippen LogP contribution in [0.2, 0.25) is 0 Å². The second-order valence-electron chi connectivity index (χ2n) is 7.24. The molecule has 2 amide bonds. The zero-order chi connectivity index (χ0) is 24.1. The molecule has 0 spiro atoms. The molecule has 2 N–H and O–H groups in total. The highest BCUT2D eigenvalue weighted by molar-refractivity contribution is 5.95. The fourth-order valence-electron chi connectivity index (χ4n) is 3.50. The van der Waals surface area contributed by atoms with Gasteiger partial charge in [0.1, 0.15) is 12.4 Å². The van der Waals surface area contributed by atoms with Gasteiger partial charge < -0.3 is 24.8 Å². The Hall–Kier alpha value is -4.47. The molecule has 0 fully saturated rings. The minimum absolute atomic E-state index is 0.00366. The van der Waals surface area contributed by atoms with Crippen molar-refractivity contribution in [3.05, 3.63) is 77.3 Å². The van der Waals surface area contributed by atoms with E-state index in [0.717, 1.165) is 0 Å². The Labute approximate surface area is 194 Å². The van der Waals surface area contributed by atoms with Gasteiger partial charge in [-0.3, -0.25) is 4.98 Å².